The molecule has 0 N–H and O–H groups in total. The smallest absolute Gasteiger partial charge is 0.0771 e. The molecule has 7 aromatic rings. The third-order valence-corrected chi connectivity index (χ3v) is 9.46. The van der Waals surface area contributed by atoms with E-state index in [1.807, 2.05) is 36.4 Å². The van der Waals surface area contributed by atoms with Crippen LogP contribution in [0.3, 0.4) is 0 Å². The summed E-state index contributed by atoms with van der Waals surface area (Å²) in [4.78, 5) is 0. The Morgan fingerprint density at radius 3 is 1.05 bits per heavy atom. The Morgan fingerprint density at radius 1 is 0.517 bits per heavy atom. The van der Waals surface area contributed by atoms with Gasteiger partial charge in [0.25, 0.3) is 0 Å². The summed E-state index contributed by atoms with van der Waals surface area (Å²) in [6.45, 7) is 18.3. The molecule has 300 valence electrons. The van der Waals surface area contributed by atoms with Gasteiger partial charge in [0, 0.05) is 0 Å². The number of allylic oxidation sites excluding steroid dienone is 4. The molecule has 0 aliphatic heterocycles. The fourth-order valence-electron chi connectivity index (χ4n) is 6.87. The molecular formula is C55H58Cl2Zr-4. The number of hydrogen-bond acceptors (Lipinski definition) is 0. The van der Waals surface area contributed by atoms with Crippen molar-refractivity contribution in [3.05, 3.63) is 233 Å². The van der Waals surface area contributed by atoms with Gasteiger partial charge in [0.2, 0.25) is 0 Å². The average molecular weight is 881 g/mol. The van der Waals surface area contributed by atoms with Crippen LogP contribution in [0.5, 0.6) is 0 Å². The molecule has 8 rings (SSSR count). The summed E-state index contributed by atoms with van der Waals surface area (Å²) in [5.74, 6) is 0. The number of fused-ring (bicyclic) bond motifs is 3. The van der Waals surface area contributed by atoms with Gasteiger partial charge in [0.1, 0.15) is 0 Å². The first-order valence-electron chi connectivity index (χ1n) is 19.5. The van der Waals surface area contributed by atoms with Crippen molar-refractivity contribution in [3.8, 4) is 0 Å². The Hall–Kier alpha value is -4.26. The fraction of sp³-hybridized carbons (Fsp3) is 0.200. The summed E-state index contributed by atoms with van der Waals surface area (Å²) in [5.41, 5.74) is 11.0. The molecule has 0 saturated heterocycles. The van der Waals surface area contributed by atoms with E-state index in [0.717, 1.165) is 6.42 Å². The van der Waals surface area contributed by atoms with Crippen molar-refractivity contribution in [1.29, 1.82) is 0 Å². The van der Waals surface area contributed by atoms with Gasteiger partial charge in [-0.15, -0.1) is 130 Å². The second kappa shape index (κ2) is 24.6. The van der Waals surface area contributed by atoms with Crippen LogP contribution in [0.2, 0.25) is 0 Å². The summed E-state index contributed by atoms with van der Waals surface area (Å²) in [6, 6.07) is 53.3. The van der Waals surface area contributed by atoms with Gasteiger partial charge >= 0.3 is 28.4 Å². The van der Waals surface area contributed by atoms with Crippen molar-refractivity contribution in [2.75, 3.05) is 0 Å². The van der Waals surface area contributed by atoms with E-state index in [0.29, 0.717) is 0 Å². The van der Waals surface area contributed by atoms with Gasteiger partial charge in [-0.25, -0.2) is 12.2 Å². The molecule has 0 nitrogen and oxygen atoms in total. The molecule has 58 heavy (non-hydrogen) atoms. The summed E-state index contributed by atoms with van der Waals surface area (Å²) in [5, 5.41) is 5.55. The standard InChI is InChI=1S/C23H29.2C13H11.C5H5.CH2.2ClH.Zr/c1-14-9-16-11-17-10-15(2)21(23(6,7)8)13-19(17)18(16)12-20(14)22(3,4)5;2*1-3-7-12(8-4-1)11-13-9-5-2-6-10-13;1-2-4-5-3-1;;;;/h9-13H,1-8H3;2*1-11H;1-3H,4H2;1H2;2*1H;/q4*-1;;;;+2/p-2. The SMILES string of the molecule is Cc1cc2[cH-]c3cc(C)c(C(C)(C)C)cc3c2cc1C(C)(C)C.[C-]1=CC=CC1.[CH2]=[Zr+2].[Cl-].[Cl-].c1ccc([CH-]c2ccccc2)cc1.c1ccc([CH-]c2ccccc2)cc1. The normalized spacial score (nSPS) is 11.1. The molecule has 0 amide bonds. The second-order valence-electron chi connectivity index (χ2n) is 16.1. The molecule has 3 heteroatoms. The fourth-order valence-corrected chi connectivity index (χ4v) is 6.87. The Bertz CT molecular complexity index is 2030. The Kier molecular flexibility index (Phi) is 21.2. The maximum Gasteiger partial charge on any atom is -0.0771 e. The molecule has 0 atom stereocenters. The predicted octanol–water partition coefficient (Wildman–Crippen LogP) is 8.78. The number of halogens is 2. The first kappa shape index (κ1) is 49.9. The average Bonchev–Trinajstić information content (AvgIpc) is 3.88. The van der Waals surface area contributed by atoms with E-state index < -0.39 is 0 Å². The van der Waals surface area contributed by atoms with E-state index in [4.69, 9.17) is 0 Å². The van der Waals surface area contributed by atoms with Gasteiger partial charge in [0.05, 0.1) is 0 Å². The minimum Gasteiger partial charge on any atom is -1.00 e. The topological polar surface area (TPSA) is 0 Å². The number of aryl methyl sites for hydroxylation is 2. The molecule has 0 unspecified atom stereocenters. The third kappa shape index (κ3) is 15.5. The van der Waals surface area contributed by atoms with E-state index in [9.17, 15) is 0 Å². The van der Waals surface area contributed by atoms with Crippen LogP contribution in [0.1, 0.15) is 92.5 Å². The van der Waals surface area contributed by atoms with Crippen molar-refractivity contribution in [1.82, 2.24) is 0 Å². The van der Waals surface area contributed by atoms with Crippen LogP contribution in [-0.4, -0.2) is 4.21 Å². The van der Waals surface area contributed by atoms with Gasteiger partial charge in [-0.1, -0.05) is 149 Å². The van der Waals surface area contributed by atoms with Gasteiger partial charge in [-0.3, -0.25) is 6.08 Å². The number of rotatable bonds is 4. The molecule has 1 aliphatic carbocycles. The zero-order valence-electron chi connectivity index (χ0n) is 35.5. The minimum atomic E-state index is 0. The van der Waals surface area contributed by atoms with Crippen LogP contribution in [0.15, 0.2) is 170 Å². The predicted molar refractivity (Wildman–Crippen MR) is 243 cm³/mol. The molecule has 0 aromatic heterocycles. The first-order valence-corrected chi connectivity index (χ1v) is 21.2. The largest absolute Gasteiger partial charge is 1.00 e. The van der Waals surface area contributed by atoms with Gasteiger partial charge in [0.15, 0.2) is 0 Å². The summed E-state index contributed by atoms with van der Waals surface area (Å²) in [6.07, 6.45) is 14.3. The maximum atomic E-state index is 3.34. The van der Waals surface area contributed by atoms with Crippen molar-refractivity contribution < 1.29 is 49.0 Å². The van der Waals surface area contributed by atoms with E-state index >= 15 is 0 Å². The summed E-state index contributed by atoms with van der Waals surface area (Å²) < 4.78 is 3.34. The van der Waals surface area contributed by atoms with Crippen LogP contribution in [0.25, 0.3) is 21.5 Å². The molecule has 0 bridgehead atoms. The van der Waals surface area contributed by atoms with E-state index in [1.165, 1.54) is 90.3 Å². The van der Waals surface area contributed by atoms with Crippen LogP contribution in [0.4, 0.5) is 0 Å². The maximum absolute atomic E-state index is 3.34. The van der Waals surface area contributed by atoms with Crippen molar-refractivity contribution in [2.45, 2.75) is 72.6 Å². The molecule has 0 heterocycles. The monoisotopic (exact) mass is 878 g/mol. The number of hydrogen-bond donors (Lipinski definition) is 0. The molecule has 0 radical (unpaired) electrons. The van der Waals surface area contributed by atoms with Crippen LogP contribution < -0.4 is 24.8 Å². The molecular weight excluding hydrogens is 823 g/mol. The van der Waals surface area contributed by atoms with Crippen LogP contribution >= 0.6 is 0 Å². The molecule has 0 spiro atoms. The minimum absolute atomic E-state index is 0. The summed E-state index contributed by atoms with van der Waals surface area (Å²) in [7, 11) is 0. The molecule has 7 aromatic carbocycles. The second-order valence-corrected chi connectivity index (χ2v) is 16.1. The van der Waals surface area contributed by atoms with E-state index in [2.05, 4.69) is 212 Å². The molecule has 0 fully saturated rings. The summed E-state index contributed by atoms with van der Waals surface area (Å²) >= 11 is 1.30. The van der Waals surface area contributed by atoms with E-state index in [1.54, 1.807) is 0 Å². The zero-order valence-corrected chi connectivity index (χ0v) is 39.5. The van der Waals surface area contributed by atoms with Crippen LogP contribution in [-0.2, 0) is 35.1 Å². The van der Waals surface area contributed by atoms with Crippen molar-refractivity contribution in [3.63, 3.8) is 0 Å². The Labute approximate surface area is 378 Å². The molecule has 0 saturated carbocycles. The Balaban J connectivity index is 0.000000285. The van der Waals surface area contributed by atoms with Crippen molar-refractivity contribution >= 4 is 25.8 Å². The number of benzene rings is 6. The van der Waals surface area contributed by atoms with Gasteiger partial charge < -0.3 is 24.8 Å². The van der Waals surface area contributed by atoms with E-state index in [-0.39, 0.29) is 35.6 Å². The van der Waals surface area contributed by atoms with Crippen LogP contribution in [0, 0.1) is 32.8 Å². The van der Waals surface area contributed by atoms with Crippen molar-refractivity contribution in [2.24, 2.45) is 0 Å². The molecule has 1 aliphatic rings. The van der Waals surface area contributed by atoms with Gasteiger partial charge in [-0.05, 0) is 24.7 Å². The first-order chi connectivity index (χ1) is 26.9. The Morgan fingerprint density at radius 2 is 0.828 bits per heavy atom. The zero-order chi connectivity index (χ0) is 40.6. The third-order valence-electron chi connectivity index (χ3n) is 9.46. The quantitative estimate of drug-likeness (QED) is 0.155. The van der Waals surface area contributed by atoms with Gasteiger partial charge in [-0.2, -0.15) is 6.08 Å².